The first-order valence-electron chi connectivity index (χ1n) is 6.59. The number of carbonyl (C=O) groups excluding carboxylic acids is 1. The molecule has 1 unspecified atom stereocenters. The summed E-state index contributed by atoms with van der Waals surface area (Å²) in [5.74, 6) is 0.498. The summed E-state index contributed by atoms with van der Waals surface area (Å²) in [4.78, 5) is 17.5. The molecule has 2 fully saturated rings. The smallest absolute Gasteiger partial charge is 0.223 e. The minimum Gasteiger partial charge on any atom is -0.351 e. The second kappa shape index (κ2) is 7.07. The molecule has 1 amide bonds. The highest BCUT2D eigenvalue weighted by atomic mass is 35.5. The average Bonchev–Trinajstić information content (AvgIpc) is 2.90. The van der Waals surface area contributed by atoms with E-state index in [0.717, 1.165) is 38.0 Å². The van der Waals surface area contributed by atoms with Gasteiger partial charge in [-0.25, -0.2) is 4.98 Å². The van der Waals surface area contributed by atoms with Crippen molar-refractivity contribution in [2.45, 2.75) is 32.7 Å². The number of nitrogens with zero attached hydrogens (tertiary/aromatic N) is 1. The van der Waals surface area contributed by atoms with Gasteiger partial charge in [-0.3, -0.25) is 4.79 Å². The standard InChI is InChI=1S/C13H19N3OS.2ClH/c1-9-11(18-8-16-9)7-15-12(17)10-6-13(10)2-4-14-5-3-13;;/h8,10,14H,2-7H2,1H3,(H,15,17);2*1H. The molecule has 3 rings (SSSR count). The highest BCUT2D eigenvalue weighted by Gasteiger charge is 2.57. The van der Waals surface area contributed by atoms with Gasteiger partial charge in [0.1, 0.15) is 0 Å². The summed E-state index contributed by atoms with van der Waals surface area (Å²) < 4.78 is 0. The molecular weight excluding hydrogens is 317 g/mol. The fourth-order valence-corrected chi connectivity index (χ4v) is 3.70. The van der Waals surface area contributed by atoms with E-state index in [4.69, 9.17) is 0 Å². The number of rotatable bonds is 3. The second-order valence-electron chi connectivity index (χ2n) is 5.45. The lowest BCUT2D eigenvalue weighted by atomic mass is 9.92. The number of amides is 1. The first kappa shape index (κ1) is 17.7. The first-order valence-corrected chi connectivity index (χ1v) is 7.47. The largest absolute Gasteiger partial charge is 0.351 e. The number of hydrogen-bond acceptors (Lipinski definition) is 4. The van der Waals surface area contributed by atoms with Gasteiger partial charge in [-0.1, -0.05) is 0 Å². The molecule has 1 aliphatic carbocycles. The van der Waals surface area contributed by atoms with E-state index in [1.807, 2.05) is 12.4 Å². The van der Waals surface area contributed by atoms with Crippen molar-refractivity contribution in [3.05, 3.63) is 16.1 Å². The molecule has 7 heteroatoms. The van der Waals surface area contributed by atoms with Crippen LogP contribution in [0.2, 0.25) is 0 Å². The Kier molecular flexibility index (Phi) is 6.25. The Morgan fingerprint density at radius 2 is 2.20 bits per heavy atom. The van der Waals surface area contributed by atoms with Crippen molar-refractivity contribution in [3.8, 4) is 0 Å². The van der Waals surface area contributed by atoms with Crippen LogP contribution in [0.5, 0.6) is 0 Å². The molecule has 2 aliphatic rings. The van der Waals surface area contributed by atoms with Crippen molar-refractivity contribution in [2.75, 3.05) is 13.1 Å². The summed E-state index contributed by atoms with van der Waals surface area (Å²) >= 11 is 1.61. The van der Waals surface area contributed by atoms with Gasteiger partial charge < -0.3 is 10.6 Å². The molecule has 1 spiro atoms. The van der Waals surface area contributed by atoms with Crippen LogP contribution >= 0.6 is 36.2 Å². The molecular formula is C13H21Cl2N3OS. The molecule has 1 aliphatic heterocycles. The van der Waals surface area contributed by atoms with Crippen LogP contribution in [-0.2, 0) is 11.3 Å². The Morgan fingerprint density at radius 3 is 2.80 bits per heavy atom. The van der Waals surface area contributed by atoms with Crippen molar-refractivity contribution in [1.29, 1.82) is 0 Å². The maximum absolute atomic E-state index is 12.1. The maximum Gasteiger partial charge on any atom is 0.223 e. The summed E-state index contributed by atoms with van der Waals surface area (Å²) in [7, 11) is 0. The zero-order valence-corrected chi connectivity index (χ0v) is 13.9. The molecule has 1 aromatic heterocycles. The molecule has 0 radical (unpaired) electrons. The molecule has 1 aromatic rings. The number of carbonyl (C=O) groups is 1. The van der Waals surface area contributed by atoms with E-state index < -0.39 is 0 Å². The van der Waals surface area contributed by atoms with Gasteiger partial charge in [0, 0.05) is 10.8 Å². The zero-order chi connectivity index (χ0) is 12.6. The lowest BCUT2D eigenvalue weighted by Crippen LogP contribution is -2.33. The summed E-state index contributed by atoms with van der Waals surface area (Å²) in [6, 6.07) is 0. The number of piperidine rings is 1. The molecule has 2 N–H and O–H groups in total. The van der Waals surface area contributed by atoms with Gasteiger partial charge in [0.05, 0.1) is 17.7 Å². The van der Waals surface area contributed by atoms with E-state index in [9.17, 15) is 4.79 Å². The lowest BCUT2D eigenvalue weighted by molar-refractivity contribution is -0.123. The molecule has 0 aromatic carbocycles. The van der Waals surface area contributed by atoms with Gasteiger partial charge in [-0.2, -0.15) is 0 Å². The van der Waals surface area contributed by atoms with Crippen LogP contribution in [0.15, 0.2) is 5.51 Å². The molecule has 1 saturated carbocycles. The van der Waals surface area contributed by atoms with Gasteiger partial charge in [-0.15, -0.1) is 36.2 Å². The number of aromatic nitrogens is 1. The highest BCUT2D eigenvalue weighted by Crippen LogP contribution is 2.58. The van der Waals surface area contributed by atoms with Gasteiger partial charge in [0.25, 0.3) is 0 Å². The van der Waals surface area contributed by atoms with Crippen LogP contribution in [0.1, 0.15) is 29.8 Å². The zero-order valence-electron chi connectivity index (χ0n) is 11.5. The van der Waals surface area contributed by atoms with Gasteiger partial charge in [-0.05, 0) is 44.7 Å². The summed E-state index contributed by atoms with van der Waals surface area (Å²) in [6.07, 6.45) is 3.40. The van der Waals surface area contributed by atoms with E-state index in [0.29, 0.717) is 12.0 Å². The van der Waals surface area contributed by atoms with Crippen molar-refractivity contribution in [3.63, 3.8) is 0 Å². The lowest BCUT2D eigenvalue weighted by Gasteiger charge is -2.23. The van der Waals surface area contributed by atoms with Crippen LogP contribution in [0, 0.1) is 18.3 Å². The average molecular weight is 338 g/mol. The number of hydrogen-bond donors (Lipinski definition) is 2. The topological polar surface area (TPSA) is 54.0 Å². The summed E-state index contributed by atoms with van der Waals surface area (Å²) in [6.45, 7) is 4.76. The molecule has 1 saturated heterocycles. The number of halogens is 2. The fourth-order valence-electron chi connectivity index (χ4n) is 2.98. The van der Waals surface area contributed by atoms with E-state index in [2.05, 4.69) is 15.6 Å². The fraction of sp³-hybridized carbons (Fsp3) is 0.692. The first-order chi connectivity index (χ1) is 8.71. The quantitative estimate of drug-likeness (QED) is 0.889. The monoisotopic (exact) mass is 337 g/mol. The van der Waals surface area contributed by atoms with E-state index >= 15 is 0 Å². The van der Waals surface area contributed by atoms with Crippen molar-refractivity contribution in [2.24, 2.45) is 11.3 Å². The van der Waals surface area contributed by atoms with Gasteiger partial charge in [0.15, 0.2) is 0 Å². The van der Waals surface area contributed by atoms with Crippen LogP contribution in [0.25, 0.3) is 0 Å². The van der Waals surface area contributed by atoms with Gasteiger partial charge in [0.2, 0.25) is 5.91 Å². The Balaban J connectivity index is 0.000001000. The van der Waals surface area contributed by atoms with E-state index in [-0.39, 0.29) is 36.6 Å². The van der Waals surface area contributed by atoms with Crippen LogP contribution in [-0.4, -0.2) is 24.0 Å². The Hall–Kier alpha value is -0.360. The number of nitrogens with one attached hydrogen (secondary N) is 2. The summed E-state index contributed by atoms with van der Waals surface area (Å²) in [5, 5.41) is 6.43. The van der Waals surface area contributed by atoms with Gasteiger partial charge >= 0.3 is 0 Å². The SMILES string of the molecule is Cc1ncsc1CNC(=O)C1CC12CCNCC2.Cl.Cl. The molecule has 4 nitrogen and oxygen atoms in total. The molecule has 114 valence electrons. The summed E-state index contributed by atoms with van der Waals surface area (Å²) in [5.41, 5.74) is 3.20. The van der Waals surface area contributed by atoms with Crippen molar-refractivity contribution < 1.29 is 4.79 Å². The molecule has 1 atom stereocenters. The maximum atomic E-state index is 12.1. The predicted octanol–water partition coefficient (Wildman–Crippen LogP) is 2.30. The van der Waals surface area contributed by atoms with E-state index in [1.54, 1.807) is 11.3 Å². The third kappa shape index (κ3) is 3.45. The normalized spacial score (nSPS) is 22.6. The predicted molar refractivity (Wildman–Crippen MR) is 85.8 cm³/mol. The third-order valence-corrected chi connectivity index (χ3v) is 5.31. The van der Waals surface area contributed by atoms with Crippen molar-refractivity contribution in [1.82, 2.24) is 15.6 Å². The van der Waals surface area contributed by atoms with E-state index in [1.165, 1.54) is 4.88 Å². The Bertz CT molecular complexity index is 460. The van der Waals surface area contributed by atoms with Crippen LogP contribution < -0.4 is 10.6 Å². The molecule has 0 bridgehead atoms. The molecule has 2 heterocycles. The Labute approximate surface area is 135 Å². The van der Waals surface area contributed by atoms with Crippen LogP contribution in [0.3, 0.4) is 0 Å². The number of thiazole rings is 1. The molecule has 20 heavy (non-hydrogen) atoms. The minimum absolute atomic E-state index is 0. The second-order valence-corrected chi connectivity index (χ2v) is 6.39. The third-order valence-electron chi connectivity index (χ3n) is 4.37. The van der Waals surface area contributed by atoms with Crippen LogP contribution in [0.4, 0.5) is 0 Å². The Morgan fingerprint density at radius 1 is 1.50 bits per heavy atom. The highest BCUT2D eigenvalue weighted by molar-refractivity contribution is 7.09. The van der Waals surface area contributed by atoms with Crippen molar-refractivity contribution >= 4 is 42.1 Å². The number of aryl methyl sites for hydroxylation is 1. The minimum atomic E-state index is 0.